The zero-order chi connectivity index (χ0) is 17.3. The van der Waals surface area contributed by atoms with Gasteiger partial charge in [-0.15, -0.1) is 0 Å². The lowest BCUT2D eigenvalue weighted by molar-refractivity contribution is -0.152. The monoisotopic (exact) mass is 354 g/mol. The van der Waals surface area contributed by atoms with E-state index >= 15 is 0 Å². The first-order chi connectivity index (χ1) is 11.5. The number of hydrogen-bond donors (Lipinski definition) is 2. The van der Waals surface area contributed by atoms with Gasteiger partial charge in [0.2, 0.25) is 0 Å². The van der Waals surface area contributed by atoms with Crippen LogP contribution in [0.25, 0.3) is 11.2 Å². The minimum absolute atomic E-state index is 0.210. The van der Waals surface area contributed by atoms with Gasteiger partial charge in [0.15, 0.2) is 10.8 Å². The van der Waals surface area contributed by atoms with Gasteiger partial charge in [0.25, 0.3) is 0 Å². The summed E-state index contributed by atoms with van der Waals surface area (Å²) in [6, 6.07) is -0.542. The molecular formula is C15H19ClN4O4. The lowest BCUT2D eigenvalue weighted by Crippen LogP contribution is -2.33. The van der Waals surface area contributed by atoms with Crippen LogP contribution in [-0.2, 0) is 9.53 Å². The third kappa shape index (κ3) is 2.97. The van der Waals surface area contributed by atoms with Gasteiger partial charge >= 0.3 is 5.97 Å². The van der Waals surface area contributed by atoms with Crippen molar-refractivity contribution in [1.29, 1.82) is 0 Å². The number of carbonyl (C=O) groups excluding carboxylic acids is 1. The standard InChI is InChI=1S/C15H19ClN4O4/c1-2-3-4-24-15(23)8-5-9(12(22)11(8)21)20-7-19-10-13(16)17-6-18-14(10)20/h6-9,11-12,21-22H,2-5H2,1H3/t8-,9+,11+,12+/m1/s1. The van der Waals surface area contributed by atoms with Crippen molar-refractivity contribution in [1.82, 2.24) is 19.5 Å². The molecule has 9 heteroatoms. The lowest BCUT2D eigenvalue weighted by atomic mass is 10.1. The first kappa shape index (κ1) is 17.1. The molecule has 1 aliphatic carbocycles. The summed E-state index contributed by atoms with van der Waals surface area (Å²) in [6.07, 6.45) is 2.38. The Morgan fingerprint density at radius 2 is 2.17 bits per heavy atom. The van der Waals surface area contributed by atoms with Crippen LogP contribution in [0.4, 0.5) is 0 Å². The van der Waals surface area contributed by atoms with Crippen LogP contribution in [0.5, 0.6) is 0 Å². The molecule has 0 aliphatic heterocycles. The van der Waals surface area contributed by atoms with Crippen LogP contribution in [0, 0.1) is 5.92 Å². The maximum atomic E-state index is 12.1. The van der Waals surface area contributed by atoms with Crippen molar-refractivity contribution in [3.63, 3.8) is 0 Å². The van der Waals surface area contributed by atoms with Crippen molar-refractivity contribution >= 4 is 28.7 Å². The average Bonchev–Trinajstić information content (AvgIpc) is 3.11. The van der Waals surface area contributed by atoms with Crippen molar-refractivity contribution in [3.8, 4) is 0 Å². The van der Waals surface area contributed by atoms with Gasteiger partial charge in [0.1, 0.15) is 17.9 Å². The van der Waals surface area contributed by atoms with Crippen LogP contribution in [-0.4, -0.2) is 54.5 Å². The molecule has 3 rings (SSSR count). The largest absolute Gasteiger partial charge is 0.465 e. The van der Waals surface area contributed by atoms with E-state index in [4.69, 9.17) is 16.3 Å². The fourth-order valence-corrected chi connectivity index (χ4v) is 3.19. The third-order valence-electron chi connectivity index (χ3n) is 4.37. The van der Waals surface area contributed by atoms with Gasteiger partial charge in [-0.05, 0) is 12.8 Å². The van der Waals surface area contributed by atoms with Crippen molar-refractivity contribution in [3.05, 3.63) is 17.8 Å². The number of aromatic nitrogens is 4. The van der Waals surface area contributed by atoms with Crippen LogP contribution in [0.15, 0.2) is 12.7 Å². The van der Waals surface area contributed by atoms with E-state index in [9.17, 15) is 15.0 Å². The number of fused-ring (bicyclic) bond motifs is 1. The van der Waals surface area contributed by atoms with Crippen LogP contribution in [0.2, 0.25) is 5.15 Å². The fraction of sp³-hybridized carbons (Fsp3) is 0.600. The number of ether oxygens (including phenoxy) is 1. The number of esters is 1. The molecule has 2 N–H and O–H groups in total. The van der Waals surface area contributed by atoms with Crippen molar-refractivity contribution in [2.45, 2.75) is 44.4 Å². The summed E-state index contributed by atoms with van der Waals surface area (Å²) in [7, 11) is 0. The molecule has 130 valence electrons. The van der Waals surface area contributed by atoms with E-state index in [-0.39, 0.29) is 11.6 Å². The number of carbonyl (C=O) groups is 1. The van der Waals surface area contributed by atoms with E-state index in [1.165, 1.54) is 12.7 Å². The summed E-state index contributed by atoms with van der Waals surface area (Å²) >= 11 is 5.98. The van der Waals surface area contributed by atoms with Gasteiger partial charge in [0, 0.05) is 0 Å². The van der Waals surface area contributed by atoms with E-state index in [0.29, 0.717) is 17.8 Å². The summed E-state index contributed by atoms with van der Waals surface area (Å²) in [5, 5.41) is 20.8. The molecule has 0 unspecified atom stereocenters. The fourth-order valence-electron chi connectivity index (χ4n) is 3.01. The normalized spacial score (nSPS) is 26.8. The number of nitrogens with zero attached hydrogens (tertiary/aromatic N) is 4. The summed E-state index contributed by atoms with van der Waals surface area (Å²) in [4.78, 5) is 24.3. The number of aliphatic hydroxyl groups excluding tert-OH is 2. The SMILES string of the molecule is CCCCOC(=O)[C@@H]1C[C@H](n2cnc3c(Cl)ncnc32)[C@H](O)[C@H]1O. The molecule has 2 heterocycles. The van der Waals surface area contributed by atoms with Gasteiger partial charge in [0.05, 0.1) is 31.0 Å². The van der Waals surface area contributed by atoms with Gasteiger partial charge in [-0.25, -0.2) is 15.0 Å². The second-order valence-electron chi connectivity index (χ2n) is 5.90. The number of unbranched alkanes of at least 4 members (excludes halogenated alkanes) is 1. The second-order valence-corrected chi connectivity index (χ2v) is 6.26. The summed E-state index contributed by atoms with van der Waals surface area (Å²) in [5.74, 6) is -1.27. The molecule has 0 bridgehead atoms. The van der Waals surface area contributed by atoms with E-state index in [0.717, 1.165) is 12.8 Å². The first-order valence-corrected chi connectivity index (χ1v) is 8.28. The van der Waals surface area contributed by atoms with Crippen molar-refractivity contribution in [2.75, 3.05) is 6.61 Å². The zero-order valence-electron chi connectivity index (χ0n) is 13.2. The quantitative estimate of drug-likeness (QED) is 0.470. The van der Waals surface area contributed by atoms with Gasteiger partial charge < -0.3 is 19.5 Å². The second kappa shape index (κ2) is 7.00. The Balaban J connectivity index is 1.81. The molecule has 2 aromatic rings. The number of hydrogen-bond acceptors (Lipinski definition) is 7. The van der Waals surface area contributed by atoms with E-state index in [1.807, 2.05) is 6.92 Å². The molecule has 1 fully saturated rings. The molecule has 2 aromatic heterocycles. The highest BCUT2D eigenvalue weighted by molar-refractivity contribution is 6.33. The van der Waals surface area contributed by atoms with Crippen LogP contribution in [0.1, 0.15) is 32.2 Å². The Labute approximate surface area is 143 Å². The third-order valence-corrected chi connectivity index (χ3v) is 4.64. The molecule has 0 spiro atoms. The number of halogens is 1. The molecule has 4 atom stereocenters. The predicted octanol–water partition coefficient (Wildman–Crippen LogP) is 1.11. The van der Waals surface area contributed by atoms with E-state index in [1.54, 1.807) is 4.57 Å². The Hall–Kier alpha value is -1.77. The number of aliphatic hydroxyl groups is 2. The van der Waals surface area contributed by atoms with Gasteiger partial charge in [-0.3, -0.25) is 4.79 Å². The van der Waals surface area contributed by atoms with Gasteiger partial charge in [-0.2, -0.15) is 0 Å². The summed E-state index contributed by atoms with van der Waals surface area (Å²) < 4.78 is 6.80. The Kier molecular flexibility index (Phi) is 4.98. The molecule has 8 nitrogen and oxygen atoms in total. The Bertz CT molecular complexity index is 737. The number of rotatable bonds is 5. The molecule has 0 amide bonds. The summed E-state index contributed by atoms with van der Waals surface area (Å²) in [6.45, 7) is 2.31. The molecule has 0 radical (unpaired) electrons. The lowest BCUT2D eigenvalue weighted by Gasteiger charge is -2.18. The van der Waals surface area contributed by atoms with E-state index < -0.39 is 30.1 Å². The predicted molar refractivity (Wildman–Crippen MR) is 85.4 cm³/mol. The molecule has 24 heavy (non-hydrogen) atoms. The molecule has 1 saturated carbocycles. The highest BCUT2D eigenvalue weighted by Crippen LogP contribution is 2.37. The number of imidazole rings is 1. The van der Waals surface area contributed by atoms with Crippen LogP contribution >= 0.6 is 11.6 Å². The van der Waals surface area contributed by atoms with Gasteiger partial charge in [-0.1, -0.05) is 24.9 Å². The van der Waals surface area contributed by atoms with Crippen molar-refractivity contribution in [2.24, 2.45) is 5.92 Å². The molecular weight excluding hydrogens is 336 g/mol. The Morgan fingerprint density at radius 3 is 2.92 bits per heavy atom. The maximum absolute atomic E-state index is 12.1. The Morgan fingerprint density at radius 1 is 1.38 bits per heavy atom. The van der Waals surface area contributed by atoms with E-state index in [2.05, 4.69) is 15.0 Å². The highest BCUT2D eigenvalue weighted by atomic mass is 35.5. The minimum Gasteiger partial charge on any atom is -0.465 e. The summed E-state index contributed by atoms with van der Waals surface area (Å²) in [5.41, 5.74) is 0.862. The molecule has 1 aliphatic rings. The molecule has 0 aromatic carbocycles. The average molecular weight is 355 g/mol. The minimum atomic E-state index is -1.20. The zero-order valence-corrected chi connectivity index (χ0v) is 13.9. The van der Waals surface area contributed by atoms with Crippen LogP contribution in [0.3, 0.4) is 0 Å². The van der Waals surface area contributed by atoms with Crippen molar-refractivity contribution < 1.29 is 19.7 Å². The molecule has 0 saturated heterocycles. The van der Waals surface area contributed by atoms with Crippen LogP contribution < -0.4 is 0 Å². The topological polar surface area (TPSA) is 110 Å². The highest BCUT2D eigenvalue weighted by Gasteiger charge is 2.47. The first-order valence-electron chi connectivity index (χ1n) is 7.90. The smallest absolute Gasteiger partial charge is 0.311 e. The maximum Gasteiger partial charge on any atom is 0.311 e.